The summed E-state index contributed by atoms with van der Waals surface area (Å²) in [5.74, 6) is 0.143. The van der Waals surface area contributed by atoms with Crippen molar-refractivity contribution in [2.75, 3.05) is 18.9 Å². The highest BCUT2D eigenvalue weighted by atomic mass is 32.2. The van der Waals surface area contributed by atoms with Crippen molar-refractivity contribution in [3.05, 3.63) is 51.1 Å². The molecule has 1 amide bonds. The number of aromatic nitrogens is 2. The lowest BCUT2D eigenvalue weighted by atomic mass is 10.1. The van der Waals surface area contributed by atoms with E-state index in [0.717, 1.165) is 54.6 Å². The molecule has 2 aliphatic rings. The number of carbonyl (C=O) groups is 1. The third kappa shape index (κ3) is 4.49. The van der Waals surface area contributed by atoms with Crippen LogP contribution >= 0.6 is 23.1 Å². The summed E-state index contributed by atoms with van der Waals surface area (Å²) in [6.07, 6.45) is 7.61. The van der Waals surface area contributed by atoms with Gasteiger partial charge >= 0.3 is 0 Å². The van der Waals surface area contributed by atoms with Gasteiger partial charge in [-0.2, -0.15) is 0 Å². The molecule has 5 rings (SSSR count). The number of nitrogens with one attached hydrogen (secondary N) is 1. The molecule has 1 aliphatic heterocycles. The van der Waals surface area contributed by atoms with Gasteiger partial charge in [0.15, 0.2) is 5.16 Å². The van der Waals surface area contributed by atoms with Crippen molar-refractivity contribution in [2.45, 2.75) is 56.2 Å². The second-order valence-electron chi connectivity index (χ2n) is 8.34. The lowest BCUT2D eigenvalue weighted by molar-refractivity contribution is -0.119. The van der Waals surface area contributed by atoms with Gasteiger partial charge in [-0.05, 0) is 56.2 Å². The smallest absolute Gasteiger partial charge is 0.267 e. The summed E-state index contributed by atoms with van der Waals surface area (Å²) >= 11 is 2.97. The molecule has 1 aromatic carbocycles. The zero-order valence-electron chi connectivity index (χ0n) is 18.0. The summed E-state index contributed by atoms with van der Waals surface area (Å²) in [6.45, 7) is 1.31. The van der Waals surface area contributed by atoms with E-state index in [0.29, 0.717) is 11.7 Å². The Balaban J connectivity index is 1.47. The Labute approximate surface area is 195 Å². The monoisotopic (exact) mass is 469 g/mol. The number of para-hydroxylation sites is 1. The van der Waals surface area contributed by atoms with Crippen LogP contribution in [0.25, 0.3) is 15.9 Å². The molecule has 1 N–H and O–H groups in total. The van der Waals surface area contributed by atoms with Crippen molar-refractivity contribution in [3.8, 4) is 5.69 Å². The number of rotatable bonds is 6. The molecule has 0 radical (unpaired) electrons. The fourth-order valence-electron chi connectivity index (χ4n) is 4.48. The number of nitrogens with zero attached hydrogens (tertiary/aromatic N) is 2. The van der Waals surface area contributed by atoms with Crippen LogP contribution in [0.4, 0.5) is 0 Å². The van der Waals surface area contributed by atoms with E-state index >= 15 is 0 Å². The first-order chi connectivity index (χ1) is 15.7. The molecule has 0 spiro atoms. The second-order valence-corrected chi connectivity index (χ2v) is 10.4. The predicted molar refractivity (Wildman–Crippen MR) is 129 cm³/mol. The van der Waals surface area contributed by atoms with Gasteiger partial charge in [0.05, 0.1) is 22.9 Å². The number of thioether (sulfide) groups is 1. The number of benzene rings is 1. The molecule has 3 heterocycles. The van der Waals surface area contributed by atoms with Crippen LogP contribution in [-0.4, -0.2) is 40.5 Å². The molecule has 0 saturated carbocycles. The Kier molecular flexibility index (Phi) is 6.62. The van der Waals surface area contributed by atoms with E-state index in [4.69, 9.17) is 9.72 Å². The molecular weight excluding hydrogens is 442 g/mol. The minimum atomic E-state index is -0.0681. The molecule has 0 bridgehead atoms. The molecule has 8 heteroatoms. The minimum absolute atomic E-state index is 0.0251. The van der Waals surface area contributed by atoms with Crippen LogP contribution < -0.4 is 10.9 Å². The Morgan fingerprint density at radius 2 is 2.03 bits per heavy atom. The summed E-state index contributed by atoms with van der Waals surface area (Å²) in [4.78, 5) is 33.2. The van der Waals surface area contributed by atoms with E-state index in [1.165, 1.54) is 35.0 Å². The van der Waals surface area contributed by atoms with Crippen molar-refractivity contribution in [1.29, 1.82) is 0 Å². The zero-order valence-corrected chi connectivity index (χ0v) is 19.6. The van der Waals surface area contributed by atoms with Gasteiger partial charge in [0.2, 0.25) is 5.91 Å². The Morgan fingerprint density at radius 3 is 2.84 bits per heavy atom. The topological polar surface area (TPSA) is 73.2 Å². The third-order valence-electron chi connectivity index (χ3n) is 6.11. The number of hydrogen-bond acceptors (Lipinski definition) is 6. The predicted octanol–water partition coefficient (Wildman–Crippen LogP) is 4.10. The van der Waals surface area contributed by atoms with Crippen molar-refractivity contribution >= 4 is 39.2 Å². The van der Waals surface area contributed by atoms with Gasteiger partial charge in [0, 0.05) is 18.0 Å². The van der Waals surface area contributed by atoms with Crippen LogP contribution in [0.5, 0.6) is 0 Å². The van der Waals surface area contributed by atoms with Crippen LogP contribution in [0, 0.1) is 0 Å². The highest BCUT2D eigenvalue weighted by Crippen LogP contribution is 2.34. The van der Waals surface area contributed by atoms with Gasteiger partial charge in [-0.15, -0.1) is 11.3 Å². The van der Waals surface area contributed by atoms with E-state index in [1.54, 1.807) is 15.9 Å². The average Bonchev–Trinajstić information content (AvgIpc) is 3.39. The fraction of sp³-hybridized carbons (Fsp3) is 0.458. The summed E-state index contributed by atoms with van der Waals surface area (Å²) in [5, 5.41) is 4.29. The van der Waals surface area contributed by atoms with E-state index in [-0.39, 0.29) is 23.3 Å². The van der Waals surface area contributed by atoms with Gasteiger partial charge in [-0.3, -0.25) is 14.2 Å². The summed E-state index contributed by atoms with van der Waals surface area (Å²) in [6, 6.07) is 9.61. The Hall–Kier alpha value is -2.16. The number of carbonyl (C=O) groups excluding carboxylic acids is 1. The zero-order chi connectivity index (χ0) is 21.9. The van der Waals surface area contributed by atoms with Crippen LogP contribution in [0.1, 0.15) is 42.5 Å². The van der Waals surface area contributed by atoms with Gasteiger partial charge in [-0.1, -0.05) is 36.4 Å². The van der Waals surface area contributed by atoms with Crippen LogP contribution in [0.3, 0.4) is 0 Å². The molecule has 1 fully saturated rings. The van der Waals surface area contributed by atoms with Gasteiger partial charge in [0.1, 0.15) is 4.83 Å². The first-order valence-corrected chi connectivity index (χ1v) is 13.1. The normalized spacial score (nSPS) is 18.4. The van der Waals surface area contributed by atoms with Crippen LogP contribution in [0.15, 0.2) is 40.3 Å². The lowest BCUT2D eigenvalue weighted by Crippen LogP contribution is -2.33. The van der Waals surface area contributed by atoms with Crippen molar-refractivity contribution in [3.63, 3.8) is 0 Å². The van der Waals surface area contributed by atoms with E-state index < -0.39 is 0 Å². The molecule has 1 saturated heterocycles. The molecule has 168 valence electrons. The first-order valence-electron chi connectivity index (χ1n) is 11.3. The van der Waals surface area contributed by atoms with E-state index in [1.807, 2.05) is 30.3 Å². The van der Waals surface area contributed by atoms with Gasteiger partial charge < -0.3 is 10.1 Å². The first kappa shape index (κ1) is 21.7. The highest BCUT2D eigenvalue weighted by molar-refractivity contribution is 7.99. The average molecular weight is 470 g/mol. The number of fused-ring (bicyclic) bond motifs is 3. The summed E-state index contributed by atoms with van der Waals surface area (Å²) in [7, 11) is 0. The molecule has 0 unspecified atom stereocenters. The van der Waals surface area contributed by atoms with E-state index in [2.05, 4.69) is 5.32 Å². The third-order valence-corrected chi connectivity index (χ3v) is 8.23. The van der Waals surface area contributed by atoms with E-state index in [9.17, 15) is 9.59 Å². The molecule has 1 atom stereocenters. The van der Waals surface area contributed by atoms with Crippen LogP contribution in [0.2, 0.25) is 0 Å². The highest BCUT2D eigenvalue weighted by Gasteiger charge is 2.23. The number of ether oxygens (including phenoxy) is 1. The maximum Gasteiger partial charge on any atom is 0.267 e. The minimum Gasteiger partial charge on any atom is -0.376 e. The Bertz CT molecular complexity index is 1170. The maximum atomic E-state index is 13.7. The summed E-state index contributed by atoms with van der Waals surface area (Å²) < 4.78 is 7.26. The van der Waals surface area contributed by atoms with Crippen LogP contribution in [-0.2, 0) is 22.4 Å². The maximum absolute atomic E-state index is 13.7. The second kappa shape index (κ2) is 9.77. The van der Waals surface area contributed by atoms with Crippen molar-refractivity contribution < 1.29 is 9.53 Å². The SMILES string of the molecule is O=C(CSc1nc2sc3c(c2c(=O)n1-c1ccccc1)CCCCC3)NC[C@H]1CCCO1. The number of hydrogen-bond donors (Lipinski definition) is 1. The number of aryl methyl sites for hydroxylation is 2. The largest absolute Gasteiger partial charge is 0.376 e. The number of amides is 1. The number of thiophene rings is 1. The molecular formula is C24H27N3O3S2. The van der Waals surface area contributed by atoms with Crippen molar-refractivity contribution in [1.82, 2.24) is 14.9 Å². The Morgan fingerprint density at radius 1 is 1.19 bits per heavy atom. The molecule has 1 aliphatic carbocycles. The lowest BCUT2D eigenvalue weighted by Gasteiger charge is -2.13. The van der Waals surface area contributed by atoms with Crippen molar-refractivity contribution in [2.24, 2.45) is 0 Å². The molecule has 3 aromatic rings. The quantitative estimate of drug-likeness (QED) is 0.334. The van der Waals surface area contributed by atoms with Gasteiger partial charge in [0.25, 0.3) is 5.56 Å². The summed E-state index contributed by atoms with van der Waals surface area (Å²) in [5.41, 5.74) is 1.95. The fourth-order valence-corrected chi connectivity index (χ4v) is 6.62. The molecule has 2 aromatic heterocycles. The molecule has 32 heavy (non-hydrogen) atoms. The van der Waals surface area contributed by atoms with Gasteiger partial charge in [-0.25, -0.2) is 4.98 Å². The standard InChI is InChI=1S/C24H27N3O3S2/c28-20(25-14-17-10-7-13-30-17)15-31-24-26-22-21(18-11-5-2-6-12-19(18)32-22)23(29)27(24)16-8-3-1-4-9-16/h1,3-4,8-9,17H,2,5-7,10-15H2,(H,25,28)/t17-/m1/s1. The molecule has 6 nitrogen and oxygen atoms in total.